The Morgan fingerprint density at radius 1 is 1.19 bits per heavy atom. The Morgan fingerprint density at radius 2 is 1.94 bits per heavy atom. The maximum Gasteiger partial charge on any atom is 0.0734 e. The zero-order chi connectivity index (χ0) is 11.7. The van der Waals surface area contributed by atoms with E-state index < -0.39 is 0 Å². The molecular formula is C14H21NO. The largest absolute Gasteiger partial charge is 0.376 e. The third-order valence-corrected chi connectivity index (χ3v) is 3.16. The second-order valence-corrected chi connectivity index (χ2v) is 5.18. The minimum atomic E-state index is 0.505. The third kappa shape index (κ3) is 2.12. The fraction of sp³-hybridized carbons (Fsp3) is 0.643. The highest BCUT2D eigenvalue weighted by Gasteiger charge is 2.18. The predicted molar refractivity (Wildman–Crippen MR) is 65.8 cm³/mol. The van der Waals surface area contributed by atoms with Gasteiger partial charge in [0, 0.05) is 17.8 Å². The van der Waals surface area contributed by atoms with E-state index in [-0.39, 0.29) is 0 Å². The third-order valence-electron chi connectivity index (χ3n) is 3.16. The second kappa shape index (κ2) is 4.54. The molecule has 2 rings (SSSR count). The highest BCUT2D eigenvalue weighted by Crippen LogP contribution is 2.28. The average molecular weight is 219 g/mol. The number of nitrogens with zero attached hydrogens (tertiary/aromatic N) is 1. The van der Waals surface area contributed by atoms with Crippen molar-refractivity contribution in [2.45, 2.75) is 52.6 Å². The topological polar surface area (TPSA) is 22.1 Å². The maximum atomic E-state index is 5.49. The highest BCUT2D eigenvalue weighted by molar-refractivity contribution is 5.34. The van der Waals surface area contributed by atoms with Crippen molar-refractivity contribution in [2.24, 2.45) is 0 Å². The minimum absolute atomic E-state index is 0.505. The van der Waals surface area contributed by atoms with Gasteiger partial charge < -0.3 is 4.74 Å². The Morgan fingerprint density at radius 3 is 2.56 bits per heavy atom. The van der Waals surface area contributed by atoms with Gasteiger partial charge >= 0.3 is 0 Å². The zero-order valence-corrected chi connectivity index (χ0v) is 10.7. The summed E-state index contributed by atoms with van der Waals surface area (Å²) in [7, 11) is 0. The van der Waals surface area contributed by atoms with Crippen LogP contribution >= 0.6 is 0 Å². The van der Waals surface area contributed by atoms with Gasteiger partial charge in [0.15, 0.2) is 0 Å². The van der Waals surface area contributed by atoms with Gasteiger partial charge in [-0.1, -0.05) is 27.7 Å². The molecule has 0 radical (unpaired) electrons. The quantitative estimate of drug-likeness (QED) is 0.760. The number of hydrogen-bond donors (Lipinski definition) is 0. The second-order valence-electron chi connectivity index (χ2n) is 5.18. The first-order valence-electron chi connectivity index (χ1n) is 6.20. The molecular weight excluding hydrogens is 198 g/mol. The van der Waals surface area contributed by atoms with Crippen molar-refractivity contribution < 1.29 is 4.74 Å². The van der Waals surface area contributed by atoms with Crippen LogP contribution in [0.4, 0.5) is 0 Å². The number of ether oxygens (including phenoxy) is 1. The normalized spacial score (nSPS) is 15.6. The number of aromatic nitrogens is 1. The van der Waals surface area contributed by atoms with Crippen LogP contribution in [-0.2, 0) is 17.8 Å². The van der Waals surface area contributed by atoms with Crippen molar-refractivity contribution in [1.82, 2.24) is 4.98 Å². The molecule has 0 unspecified atom stereocenters. The lowest BCUT2D eigenvalue weighted by molar-refractivity contribution is 0.109. The van der Waals surface area contributed by atoms with Crippen molar-refractivity contribution in [3.63, 3.8) is 0 Å². The van der Waals surface area contributed by atoms with Gasteiger partial charge in [0.1, 0.15) is 0 Å². The molecule has 1 aromatic heterocycles. The lowest BCUT2D eigenvalue weighted by Gasteiger charge is -2.22. The molecule has 2 heterocycles. The monoisotopic (exact) mass is 219 g/mol. The van der Waals surface area contributed by atoms with E-state index in [4.69, 9.17) is 9.72 Å². The van der Waals surface area contributed by atoms with Gasteiger partial charge in [0.2, 0.25) is 0 Å². The average Bonchev–Trinajstić information content (AvgIpc) is 2.27. The van der Waals surface area contributed by atoms with E-state index in [1.807, 2.05) is 0 Å². The van der Waals surface area contributed by atoms with Crippen LogP contribution in [0.15, 0.2) is 6.07 Å². The van der Waals surface area contributed by atoms with Crippen LogP contribution in [0.25, 0.3) is 0 Å². The summed E-state index contributed by atoms with van der Waals surface area (Å²) in [5, 5.41) is 0. The standard InChI is InChI=1S/C14H21NO/c1-9(2)12-7-11-8-16-6-5-13(11)15-14(12)10(3)4/h7,9-10H,5-6,8H2,1-4H3. The molecule has 1 aromatic rings. The molecule has 0 saturated heterocycles. The van der Waals surface area contributed by atoms with E-state index >= 15 is 0 Å². The smallest absolute Gasteiger partial charge is 0.0734 e. The molecule has 0 amide bonds. The summed E-state index contributed by atoms with van der Waals surface area (Å²) in [6.07, 6.45) is 0.966. The summed E-state index contributed by atoms with van der Waals surface area (Å²) in [4.78, 5) is 4.85. The van der Waals surface area contributed by atoms with Gasteiger partial charge in [-0.3, -0.25) is 4.98 Å². The van der Waals surface area contributed by atoms with Crippen LogP contribution in [0.2, 0.25) is 0 Å². The van der Waals surface area contributed by atoms with Crippen molar-refractivity contribution in [3.05, 3.63) is 28.6 Å². The maximum absolute atomic E-state index is 5.49. The molecule has 88 valence electrons. The Labute approximate surface area is 98.0 Å². The molecule has 0 N–H and O–H groups in total. The fourth-order valence-electron chi connectivity index (χ4n) is 2.24. The Kier molecular flexibility index (Phi) is 3.29. The number of pyridine rings is 1. The van der Waals surface area contributed by atoms with E-state index in [1.165, 1.54) is 22.5 Å². The SMILES string of the molecule is CC(C)c1cc2c(nc1C(C)C)CCOC2. The molecule has 0 atom stereocenters. The molecule has 0 bridgehead atoms. The van der Waals surface area contributed by atoms with Gasteiger partial charge in [-0.15, -0.1) is 0 Å². The van der Waals surface area contributed by atoms with Gasteiger partial charge in [0.05, 0.1) is 13.2 Å². The number of fused-ring (bicyclic) bond motifs is 1. The van der Waals surface area contributed by atoms with E-state index in [1.54, 1.807) is 0 Å². The molecule has 0 spiro atoms. The Balaban J connectivity index is 2.50. The fourth-order valence-corrected chi connectivity index (χ4v) is 2.24. The van der Waals surface area contributed by atoms with Gasteiger partial charge in [-0.2, -0.15) is 0 Å². The number of rotatable bonds is 2. The van der Waals surface area contributed by atoms with Crippen molar-refractivity contribution in [1.29, 1.82) is 0 Å². The van der Waals surface area contributed by atoms with Gasteiger partial charge in [-0.05, 0) is 29.0 Å². The first-order chi connectivity index (χ1) is 7.59. The molecule has 2 nitrogen and oxygen atoms in total. The van der Waals surface area contributed by atoms with Crippen LogP contribution in [0.1, 0.15) is 62.0 Å². The van der Waals surface area contributed by atoms with Crippen LogP contribution in [0.5, 0.6) is 0 Å². The van der Waals surface area contributed by atoms with Crippen molar-refractivity contribution in [2.75, 3.05) is 6.61 Å². The summed E-state index contributed by atoms with van der Waals surface area (Å²) in [6, 6.07) is 2.31. The molecule has 0 saturated carbocycles. The molecule has 0 fully saturated rings. The van der Waals surface area contributed by atoms with E-state index in [2.05, 4.69) is 33.8 Å². The molecule has 16 heavy (non-hydrogen) atoms. The van der Waals surface area contributed by atoms with Gasteiger partial charge in [-0.25, -0.2) is 0 Å². The summed E-state index contributed by atoms with van der Waals surface area (Å²) < 4.78 is 5.49. The van der Waals surface area contributed by atoms with E-state index in [0.717, 1.165) is 19.6 Å². The number of hydrogen-bond acceptors (Lipinski definition) is 2. The molecule has 0 aliphatic carbocycles. The Hall–Kier alpha value is -0.890. The van der Waals surface area contributed by atoms with Crippen molar-refractivity contribution in [3.8, 4) is 0 Å². The summed E-state index contributed by atoms with van der Waals surface area (Å²) in [6.45, 7) is 10.5. The van der Waals surface area contributed by atoms with Crippen LogP contribution in [0.3, 0.4) is 0 Å². The summed E-state index contributed by atoms with van der Waals surface area (Å²) in [5.41, 5.74) is 5.20. The molecule has 0 aromatic carbocycles. The van der Waals surface area contributed by atoms with Crippen LogP contribution in [-0.4, -0.2) is 11.6 Å². The lowest BCUT2D eigenvalue weighted by Crippen LogP contribution is -2.15. The molecule has 1 aliphatic heterocycles. The molecule has 2 heteroatoms. The lowest BCUT2D eigenvalue weighted by atomic mass is 9.92. The van der Waals surface area contributed by atoms with Crippen LogP contribution in [0, 0.1) is 0 Å². The summed E-state index contributed by atoms with van der Waals surface area (Å²) in [5.74, 6) is 1.04. The van der Waals surface area contributed by atoms with E-state index in [0.29, 0.717) is 11.8 Å². The van der Waals surface area contributed by atoms with Crippen molar-refractivity contribution >= 4 is 0 Å². The minimum Gasteiger partial charge on any atom is -0.376 e. The predicted octanol–water partition coefficient (Wildman–Crippen LogP) is 3.40. The highest BCUT2D eigenvalue weighted by atomic mass is 16.5. The van der Waals surface area contributed by atoms with Gasteiger partial charge in [0.25, 0.3) is 0 Å². The first-order valence-corrected chi connectivity index (χ1v) is 6.20. The Bertz CT molecular complexity index is 346. The first kappa shape index (κ1) is 11.6. The zero-order valence-electron chi connectivity index (χ0n) is 10.7. The molecule has 1 aliphatic rings. The van der Waals surface area contributed by atoms with Crippen LogP contribution < -0.4 is 0 Å². The van der Waals surface area contributed by atoms with E-state index in [9.17, 15) is 0 Å². The summed E-state index contributed by atoms with van der Waals surface area (Å²) >= 11 is 0.